The summed E-state index contributed by atoms with van der Waals surface area (Å²) >= 11 is 0. The minimum Gasteiger partial charge on any atom is -0.467 e. The summed E-state index contributed by atoms with van der Waals surface area (Å²) in [6, 6.07) is -1.10. The minimum atomic E-state index is -4.87. The van der Waals surface area contributed by atoms with E-state index in [2.05, 4.69) is 9.72 Å². The van der Waals surface area contributed by atoms with Crippen LogP contribution in [0.4, 0.5) is 13.2 Å². The lowest BCUT2D eigenvalue weighted by Crippen LogP contribution is -2.35. The van der Waals surface area contributed by atoms with Gasteiger partial charge in [-0.05, 0) is 12.3 Å². The van der Waals surface area contributed by atoms with Crippen molar-refractivity contribution in [3.8, 4) is 0 Å². The number of hydrogen-bond acceptors (Lipinski definition) is 5. The number of aldehydes is 1. The molecule has 128 valence electrons. The van der Waals surface area contributed by atoms with E-state index in [0.29, 0.717) is 0 Å². The largest absolute Gasteiger partial charge is 0.467 e. The number of halogens is 3. The molecule has 0 aliphatic rings. The Morgan fingerprint density at radius 1 is 1.43 bits per heavy atom. The number of rotatable bonds is 6. The van der Waals surface area contributed by atoms with Gasteiger partial charge in [-0.2, -0.15) is 18.2 Å². The van der Waals surface area contributed by atoms with E-state index < -0.39 is 41.6 Å². The highest BCUT2D eigenvalue weighted by Crippen LogP contribution is 2.30. The van der Waals surface area contributed by atoms with Crippen LogP contribution in [0.3, 0.4) is 0 Å². The van der Waals surface area contributed by atoms with Gasteiger partial charge in [0.15, 0.2) is 5.69 Å². The fourth-order valence-corrected chi connectivity index (χ4v) is 2.12. The fraction of sp³-hybridized carbons (Fsp3) is 0.571. The van der Waals surface area contributed by atoms with Crippen molar-refractivity contribution < 1.29 is 27.5 Å². The van der Waals surface area contributed by atoms with Crippen molar-refractivity contribution in [1.29, 1.82) is 0 Å². The molecule has 0 amide bonds. The molecule has 9 heteroatoms. The van der Waals surface area contributed by atoms with Crippen molar-refractivity contribution in [2.45, 2.75) is 38.9 Å². The first kappa shape index (κ1) is 18.9. The van der Waals surface area contributed by atoms with Gasteiger partial charge in [0.25, 0.3) is 0 Å². The summed E-state index contributed by atoms with van der Waals surface area (Å²) in [6.45, 7) is 3.57. The second-order valence-electron chi connectivity index (χ2n) is 5.34. The minimum absolute atomic E-state index is 0.0252. The molecule has 0 saturated carbocycles. The van der Waals surface area contributed by atoms with Crippen LogP contribution in [-0.2, 0) is 26.9 Å². The molecule has 0 radical (unpaired) electrons. The van der Waals surface area contributed by atoms with Crippen molar-refractivity contribution in [2.75, 3.05) is 7.11 Å². The second-order valence-corrected chi connectivity index (χ2v) is 5.34. The average molecular weight is 334 g/mol. The Balaban J connectivity index is 3.51. The molecule has 1 aromatic heterocycles. The van der Waals surface area contributed by atoms with Crippen LogP contribution in [0, 0.1) is 5.92 Å². The molecule has 0 aromatic carbocycles. The Labute approximate surface area is 130 Å². The highest BCUT2D eigenvalue weighted by atomic mass is 19.4. The van der Waals surface area contributed by atoms with E-state index in [9.17, 15) is 27.6 Å². The number of nitrogens with zero attached hydrogens (tertiary/aromatic N) is 2. The molecular formula is C14H17F3N2O4. The predicted molar refractivity (Wildman–Crippen MR) is 73.8 cm³/mol. The number of alkyl halides is 3. The van der Waals surface area contributed by atoms with Crippen LogP contribution in [0.2, 0.25) is 0 Å². The molecule has 0 aliphatic heterocycles. The van der Waals surface area contributed by atoms with Gasteiger partial charge < -0.3 is 9.53 Å². The molecule has 0 fully saturated rings. The Morgan fingerprint density at radius 3 is 2.48 bits per heavy atom. The van der Waals surface area contributed by atoms with Crippen LogP contribution in [0.1, 0.15) is 37.6 Å². The SMILES string of the molecule is COC(=O)C(CC(C)C)n1cc(CC=O)c(C(F)(F)F)nc1=O. The van der Waals surface area contributed by atoms with Crippen LogP contribution in [-0.4, -0.2) is 28.9 Å². The van der Waals surface area contributed by atoms with Gasteiger partial charge in [0.2, 0.25) is 0 Å². The molecule has 0 saturated heterocycles. The third-order valence-electron chi connectivity index (χ3n) is 3.10. The van der Waals surface area contributed by atoms with E-state index in [1.54, 1.807) is 13.8 Å². The lowest BCUT2D eigenvalue weighted by atomic mass is 10.0. The zero-order chi connectivity index (χ0) is 17.8. The van der Waals surface area contributed by atoms with Gasteiger partial charge in [-0.25, -0.2) is 9.59 Å². The van der Waals surface area contributed by atoms with Crippen molar-refractivity contribution in [3.05, 3.63) is 27.9 Å². The Kier molecular flexibility index (Phi) is 6.05. The summed E-state index contributed by atoms with van der Waals surface area (Å²) in [5, 5.41) is 0. The lowest BCUT2D eigenvalue weighted by molar-refractivity contribution is -0.145. The predicted octanol–water partition coefficient (Wildman–Crippen LogP) is 1.76. The highest BCUT2D eigenvalue weighted by molar-refractivity contribution is 5.74. The number of ether oxygens (including phenoxy) is 1. The molecule has 1 aromatic rings. The van der Waals surface area contributed by atoms with Gasteiger partial charge in [-0.1, -0.05) is 13.8 Å². The first-order chi connectivity index (χ1) is 10.6. The monoisotopic (exact) mass is 334 g/mol. The van der Waals surface area contributed by atoms with Crippen molar-refractivity contribution in [2.24, 2.45) is 5.92 Å². The molecular weight excluding hydrogens is 317 g/mol. The van der Waals surface area contributed by atoms with Crippen LogP contribution < -0.4 is 5.69 Å². The third kappa shape index (κ3) is 4.64. The standard InChI is InChI=1S/C14H17F3N2O4/c1-8(2)6-10(12(21)23-3)19-7-9(4-5-20)11(14(15,16)17)18-13(19)22/h5,7-8,10H,4,6H2,1-3H3. The smallest absolute Gasteiger partial charge is 0.433 e. The third-order valence-corrected chi connectivity index (χ3v) is 3.10. The molecule has 1 rings (SSSR count). The van der Waals surface area contributed by atoms with Crippen molar-refractivity contribution >= 4 is 12.3 Å². The van der Waals surface area contributed by atoms with E-state index >= 15 is 0 Å². The maximum atomic E-state index is 12.9. The van der Waals surface area contributed by atoms with Gasteiger partial charge in [0.1, 0.15) is 12.3 Å². The normalized spacial score (nSPS) is 13.0. The summed E-state index contributed by atoms with van der Waals surface area (Å²) in [7, 11) is 1.12. The van der Waals surface area contributed by atoms with Gasteiger partial charge in [-0.3, -0.25) is 4.57 Å². The zero-order valence-electron chi connectivity index (χ0n) is 12.9. The summed E-state index contributed by atoms with van der Waals surface area (Å²) < 4.78 is 44.1. The summed E-state index contributed by atoms with van der Waals surface area (Å²) in [6.07, 6.45) is -4.12. The molecule has 1 unspecified atom stereocenters. The van der Waals surface area contributed by atoms with Gasteiger partial charge in [0.05, 0.1) is 7.11 Å². The first-order valence-electron chi connectivity index (χ1n) is 6.82. The number of carbonyl (C=O) groups is 2. The van der Waals surface area contributed by atoms with E-state index in [1.807, 2.05) is 0 Å². The summed E-state index contributed by atoms with van der Waals surface area (Å²) in [4.78, 5) is 37.4. The summed E-state index contributed by atoms with van der Waals surface area (Å²) in [5.41, 5.74) is -3.10. The van der Waals surface area contributed by atoms with E-state index in [0.717, 1.165) is 17.9 Å². The fourth-order valence-electron chi connectivity index (χ4n) is 2.12. The van der Waals surface area contributed by atoms with E-state index in [4.69, 9.17) is 0 Å². The van der Waals surface area contributed by atoms with Crippen molar-refractivity contribution in [3.63, 3.8) is 0 Å². The van der Waals surface area contributed by atoms with E-state index in [1.165, 1.54) is 0 Å². The van der Waals surface area contributed by atoms with Gasteiger partial charge in [0, 0.05) is 18.2 Å². The molecule has 0 spiro atoms. The van der Waals surface area contributed by atoms with Crippen LogP contribution in [0.25, 0.3) is 0 Å². The zero-order valence-corrected chi connectivity index (χ0v) is 12.9. The maximum absolute atomic E-state index is 12.9. The summed E-state index contributed by atoms with van der Waals surface area (Å²) in [5.74, 6) is -0.790. The second kappa shape index (κ2) is 7.38. The first-order valence-corrected chi connectivity index (χ1v) is 6.82. The maximum Gasteiger partial charge on any atom is 0.433 e. The molecule has 23 heavy (non-hydrogen) atoms. The molecule has 0 bridgehead atoms. The molecule has 1 heterocycles. The quantitative estimate of drug-likeness (QED) is 0.585. The Morgan fingerprint density at radius 2 is 2.04 bits per heavy atom. The lowest BCUT2D eigenvalue weighted by Gasteiger charge is -2.20. The van der Waals surface area contributed by atoms with E-state index in [-0.39, 0.29) is 18.6 Å². The van der Waals surface area contributed by atoms with Gasteiger partial charge >= 0.3 is 17.8 Å². The Bertz CT molecular complexity index is 638. The molecule has 0 aliphatic carbocycles. The van der Waals surface area contributed by atoms with Crippen molar-refractivity contribution in [1.82, 2.24) is 9.55 Å². The number of methoxy groups -OCH3 is 1. The van der Waals surface area contributed by atoms with Gasteiger partial charge in [-0.15, -0.1) is 0 Å². The number of carbonyl (C=O) groups excluding carboxylic acids is 2. The topological polar surface area (TPSA) is 78.3 Å². The number of aromatic nitrogens is 2. The highest BCUT2D eigenvalue weighted by Gasteiger charge is 2.37. The number of hydrogen-bond donors (Lipinski definition) is 0. The van der Waals surface area contributed by atoms with Crippen LogP contribution >= 0.6 is 0 Å². The molecule has 0 N–H and O–H groups in total. The average Bonchev–Trinajstić information content (AvgIpc) is 2.44. The molecule has 6 nitrogen and oxygen atoms in total. The van der Waals surface area contributed by atoms with Crippen LogP contribution in [0.5, 0.6) is 0 Å². The Hall–Kier alpha value is -2.19. The number of esters is 1. The van der Waals surface area contributed by atoms with Crippen LogP contribution in [0.15, 0.2) is 11.0 Å². The molecule has 1 atom stereocenters.